The number of carbonyl (C=O) groups excluding carboxylic acids is 1. The van der Waals surface area contributed by atoms with Crippen molar-refractivity contribution in [3.8, 4) is 11.1 Å². The van der Waals surface area contributed by atoms with Gasteiger partial charge in [-0.15, -0.1) is 0 Å². The maximum Gasteiger partial charge on any atom is 0.232 e. The van der Waals surface area contributed by atoms with E-state index < -0.39 is 38.7 Å². The number of pyridine rings is 1. The van der Waals surface area contributed by atoms with Crippen LogP contribution < -0.4 is 4.72 Å². The van der Waals surface area contributed by atoms with E-state index in [0.29, 0.717) is 27.4 Å². The van der Waals surface area contributed by atoms with Gasteiger partial charge in [-0.3, -0.25) is 14.6 Å². The van der Waals surface area contributed by atoms with Gasteiger partial charge < -0.3 is 0 Å². The molecular formula is C22H20F2N6O3S2. The number of fused-ring (bicyclic) bond motifs is 1. The van der Waals surface area contributed by atoms with Crippen molar-refractivity contribution in [3.63, 3.8) is 0 Å². The van der Waals surface area contributed by atoms with Crippen LogP contribution in [0.15, 0.2) is 35.7 Å². The number of aromatic nitrogens is 5. The van der Waals surface area contributed by atoms with E-state index in [1.165, 1.54) is 11.8 Å². The van der Waals surface area contributed by atoms with Crippen LogP contribution in [0, 0.1) is 18.6 Å². The van der Waals surface area contributed by atoms with E-state index in [4.69, 9.17) is 0 Å². The van der Waals surface area contributed by atoms with Gasteiger partial charge in [-0.25, -0.2) is 32.2 Å². The van der Waals surface area contributed by atoms with E-state index in [2.05, 4.69) is 25.1 Å². The predicted octanol–water partition coefficient (Wildman–Crippen LogP) is 4.11. The highest BCUT2D eigenvalue weighted by Crippen LogP contribution is 2.29. The van der Waals surface area contributed by atoms with E-state index in [1.54, 1.807) is 25.4 Å². The lowest BCUT2D eigenvalue weighted by Gasteiger charge is -2.11. The van der Waals surface area contributed by atoms with Crippen molar-refractivity contribution in [3.05, 3.63) is 59.2 Å². The van der Waals surface area contributed by atoms with Crippen molar-refractivity contribution in [2.45, 2.75) is 25.4 Å². The first-order chi connectivity index (χ1) is 16.6. The monoisotopic (exact) mass is 518 g/mol. The molecule has 9 nitrogen and oxygen atoms in total. The van der Waals surface area contributed by atoms with E-state index in [1.807, 2.05) is 17.9 Å². The summed E-state index contributed by atoms with van der Waals surface area (Å²) in [5.74, 6) is -3.66. The summed E-state index contributed by atoms with van der Waals surface area (Å²) in [4.78, 5) is 26.2. The summed E-state index contributed by atoms with van der Waals surface area (Å²) in [5.41, 5.74) is 0.690. The fourth-order valence-electron chi connectivity index (χ4n) is 3.48. The van der Waals surface area contributed by atoms with Gasteiger partial charge in [0.05, 0.1) is 16.7 Å². The van der Waals surface area contributed by atoms with Gasteiger partial charge in [0.1, 0.15) is 17.2 Å². The van der Waals surface area contributed by atoms with Crippen LogP contribution in [0.1, 0.15) is 35.1 Å². The van der Waals surface area contributed by atoms with Crippen LogP contribution in [0.2, 0.25) is 0 Å². The number of rotatable bonds is 8. The summed E-state index contributed by atoms with van der Waals surface area (Å²) in [6.07, 6.45) is 5.32. The number of aromatic amines is 1. The lowest BCUT2D eigenvalue weighted by atomic mass is 10.0. The molecule has 3 heterocycles. The second-order valence-electron chi connectivity index (χ2n) is 7.58. The molecule has 4 aromatic rings. The third kappa shape index (κ3) is 4.86. The molecule has 1 aromatic carbocycles. The SMILES string of the molecule is CCCS(=O)(=O)Nc1c(F)ccc(C(=O)c2n[nH]c3ncc(-c4cnc(SC)nc4C)cc23)c1F. The number of nitrogens with one attached hydrogen (secondary N) is 2. The van der Waals surface area contributed by atoms with Crippen molar-refractivity contribution in [1.29, 1.82) is 0 Å². The van der Waals surface area contributed by atoms with Crippen LogP contribution in [0.3, 0.4) is 0 Å². The fraction of sp³-hybridized carbons (Fsp3) is 0.227. The zero-order valence-electron chi connectivity index (χ0n) is 18.9. The molecule has 0 aliphatic carbocycles. The van der Waals surface area contributed by atoms with Crippen LogP contribution in [-0.4, -0.2) is 51.4 Å². The van der Waals surface area contributed by atoms with Crippen LogP contribution >= 0.6 is 11.8 Å². The van der Waals surface area contributed by atoms with Crippen LogP contribution in [0.4, 0.5) is 14.5 Å². The quantitative estimate of drug-likeness (QED) is 0.202. The third-order valence-corrected chi connectivity index (χ3v) is 7.17. The summed E-state index contributed by atoms with van der Waals surface area (Å²) in [6.45, 7) is 3.43. The highest BCUT2D eigenvalue weighted by Gasteiger charge is 2.26. The first-order valence-corrected chi connectivity index (χ1v) is 13.3. The molecule has 0 spiro atoms. The zero-order valence-corrected chi connectivity index (χ0v) is 20.5. The molecule has 0 aliphatic rings. The largest absolute Gasteiger partial charge is 0.287 e. The fourth-order valence-corrected chi connectivity index (χ4v) is 5.00. The Balaban J connectivity index is 1.77. The standard InChI is InChI=1S/C22H20F2N6O3S2/c1-4-7-35(32,33)30-19-16(23)6-5-13(17(19)24)20(31)18-14-8-12(9-25-21(14)29-28-18)15-10-26-22(34-3)27-11(15)2/h5-6,8-10,30H,4,7H2,1-3H3,(H,25,28,29). The highest BCUT2D eigenvalue weighted by molar-refractivity contribution is 7.98. The Labute approximate surface area is 203 Å². The number of H-pyrrole nitrogens is 1. The number of carbonyl (C=O) groups is 1. The van der Waals surface area contributed by atoms with Gasteiger partial charge in [-0.1, -0.05) is 18.7 Å². The number of thioether (sulfide) groups is 1. The van der Waals surface area contributed by atoms with Crippen LogP contribution in [-0.2, 0) is 10.0 Å². The van der Waals surface area contributed by atoms with Crippen molar-refractivity contribution >= 4 is 44.3 Å². The van der Waals surface area contributed by atoms with Crippen molar-refractivity contribution in [2.24, 2.45) is 0 Å². The molecule has 3 aromatic heterocycles. The van der Waals surface area contributed by atoms with Crippen molar-refractivity contribution < 1.29 is 22.0 Å². The Morgan fingerprint density at radius 1 is 1.20 bits per heavy atom. The Morgan fingerprint density at radius 2 is 1.97 bits per heavy atom. The van der Waals surface area contributed by atoms with Gasteiger partial charge in [0, 0.05) is 29.2 Å². The zero-order chi connectivity index (χ0) is 25.3. The molecular weight excluding hydrogens is 498 g/mol. The molecule has 0 saturated heterocycles. The lowest BCUT2D eigenvalue weighted by Crippen LogP contribution is -2.19. The molecule has 0 atom stereocenters. The van der Waals surface area contributed by atoms with E-state index in [9.17, 15) is 17.6 Å². The molecule has 0 fully saturated rings. The van der Waals surface area contributed by atoms with E-state index >= 15 is 4.39 Å². The molecule has 0 amide bonds. The molecule has 0 radical (unpaired) electrons. The second-order valence-corrected chi connectivity index (χ2v) is 10.2. The van der Waals surface area contributed by atoms with Gasteiger partial charge in [0.25, 0.3) is 0 Å². The average Bonchev–Trinajstić information content (AvgIpc) is 3.24. The molecule has 0 bridgehead atoms. The number of hydrogen-bond acceptors (Lipinski definition) is 8. The Hall–Kier alpha value is -3.45. The van der Waals surface area contributed by atoms with Gasteiger partial charge in [-0.2, -0.15) is 5.10 Å². The molecule has 2 N–H and O–H groups in total. The highest BCUT2D eigenvalue weighted by atomic mass is 32.2. The number of hydrogen-bond donors (Lipinski definition) is 2. The predicted molar refractivity (Wildman–Crippen MR) is 129 cm³/mol. The number of anilines is 1. The number of aryl methyl sites for hydroxylation is 1. The molecule has 0 aliphatic heterocycles. The summed E-state index contributed by atoms with van der Waals surface area (Å²) in [6, 6.07) is 3.42. The van der Waals surface area contributed by atoms with Crippen molar-refractivity contribution in [1.82, 2.24) is 25.1 Å². The second kappa shape index (κ2) is 9.66. The van der Waals surface area contributed by atoms with Crippen LogP contribution in [0.25, 0.3) is 22.2 Å². The topological polar surface area (TPSA) is 131 Å². The number of ketones is 1. The molecule has 0 unspecified atom stereocenters. The molecule has 4 rings (SSSR count). The lowest BCUT2D eigenvalue weighted by molar-refractivity contribution is 0.103. The minimum absolute atomic E-state index is 0.151. The smallest absolute Gasteiger partial charge is 0.232 e. The number of nitrogens with zero attached hydrogens (tertiary/aromatic N) is 4. The number of benzene rings is 1. The van der Waals surface area contributed by atoms with Crippen molar-refractivity contribution in [2.75, 3.05) is 16.7 Å². The number of halogens is 2. The summed E-state index contributed by atoms with van der Waals surface area (Å²) < 4.78 is 55.4. The summed E-state index contributed by atoms with van der Waals surface area (Å²) in [7, 11) is -3.99. The minimum Gasteiger partial charge on any atom is -0.287 e. The molecule has 182 valence electrons. The third-order valence-electron chi connectivity index (χ3n) is 5.15. The first-order valence-electron chi connectivity index (χ1n) is 10.4. The van der Waals surface area contributed by atoms with E-state index in [-0.39, 0.29) is 23.5 Å². The Bertz CT molecular complexity index is 1560. The number of sulfonamides is 1. The summed E-state index contributed by atoms with van der Waals surface area (Å²) in [5, 5.41) is 7.52. The molecule has 13 heteroatoms. The normalized spacial score (nSPS) is 11.7. The molecule has 0 saturated carbocycles. The van der Waals surface area contributed by atoms with Gasteiger partial charge in [-0.05, 0) is 37.8 Å². The Morgan fingerprint density at radius 3 is 2.66 bits per heavy atom. The molecule has 35 heavy (non-hydrogen) atoms. The van der Waals surface area contributed by atoms with Gasteiger partial charge >= 0.3 is 0 Å². The maximum atomic E-state index is 15.2. The van der Waals surface area contributed by atoms with Gasteiger partial charge in [0.2, 0.25) is 15.8 Å². The summed E-state index contributed by atoms with van der Waals surface area (Å²) >= 11 is 1.40. The maximum absolute atomic E-state index is 15.2. The van der Waals surface area contributed by atoms with Gasteiger partial charge in [0.15, 0.2) is 16.6 Å². The van der Waals surface area contributed by atoms with E-state index in [0.717, 1.165) is 12.1 Å². The van der Waals surface area contributed by atoms with Crippen LogP contribution in [0.5, 0.6) is 0 Å². The Kier molecular flexibility index (Phi) is 6.81. The average molecular weight is 519 g/mol. The minimum atomic E-state index is -3.99. The first kappa shape index (κ1) is 24.7.